The lowest BCUT2D eigenvalue weighted by molar-refractivity contribution is 0.416. The summed E-state index contributed by atoms with van der Waals surface area (Å²) in [6, 6.07) is 8.06. The number of benzene rings is 1. The Kier molecular flexibility index (Phi) is 5.15. The fraction of sp³-hybridized carbons (Fsp3) is 0.438. The first-order chi connectivity index (χ1) is 9.65. The molecule has 0 bridgehead atoms. The average Bonchev–Trinajstić information content (AvgIpc) is 2.81. The van der Waals surface area contributed by atoms with E-state index < -0.39 is 0 Å². The van der Waals surface area contributed by atoms with Crippen molar-refractivity contribution >= 4 is 11.3 Å². The molecule has 1 aromatic heterocycles. The van der Waals surface area contributed by atoms with Crippen LogP contribution in [0.25, 0.3) is 10.6 Å². The molecule has 0 aliphatic heterocycles. The summed E-state index contributed by atoms with van der Waals surface area (Å²) in [6.07, 6.45) is 1.02. The molecule has 1 N–H and O–H groups in total. The molecule has 2 aromatic rings. The molecule has 0 saturated heterocycles. The van der Waals surface area contributed by atoms with Crippen LogP contribution in [0, 0.1) is 5.92 Å². The van der Waals surface area contributed by atoms with E-state index >= 15 is 0 Å². The predicted octanol–water partition coefficient (Wildman–Crippen LogP) is 3.74. The summed E-state index contributed by atoms with van der Waals surface area (Å²) in [4.78, 5) is 6.17. The highest BCUT2D eigenvalue weighted by atomic mass is 32.1. The average molecular weight is 290 g/mol. The van der Waals surface area contributed by atoms with Crippen LogP contribution in [0.2, 0.25) is 0 Å². The van der Waals surface area contributed by atoms with Crippen molar-refractivity contribution in [2.75, 3.05) is 14.2 Å². The molecule has 0 aliphatic carbocycles. The van der Waals surface area contributed by atoms with E-state index in [0.29, 0.717) is 5.92 Å². The molecule has 0 aliphatic rings. The predicted molar refractivity (Wildman–Crippen MR) is 85.4 cm³/mol. The molecular formula is C16H22N2OS. The van der Waals surface area contributed by atoms with Crippen LogP contribution in [0.1, 0.15) is 24.4 Å². The molecule has 0 atom stereocenters. The maximum absolute atomic E-state index is 5.44. The Bertz CT molecular complexity index is 563. The topological polar surface area (TPSA) is 34.1 Å². The Labute approximate surface area is 125 Å². The van der Waals surface area contributed by atoms with Gasteiger partial charge in [-0.2, -0.15) is 0 Å². The highest BCUT2D eigenvalue weighted by Gasteiger charge is 2.15. The molecule has 4 heteroatoms. The van der Waals surface area contributed by atoms with E-state index in [-0.39, 0.29) is 0 Å². The van der Waals surface area contributed by atoms with Crippen LogP contribution in [-0.2, 0) is 13.0 Å². The molecule has 0 unspecified atom stereocenters. The Morgan fingerprint density at radius 2 is 2.05 bits per heavy atom. The van der Waals surface area contributed by atoms with Crippen LogP contribution >= 0.6 is 11.3 Å². The van der Waals surface area contributed by atoms with Crippen molar-refractivity contribution < 1.29 is 4.74 Å². The van der Waals surface area contributed by atoms with Crippen LogP contribution in [0.5, 0.6) is 5.75 Å². The van der Waals surface area contributed by atoms with E-state index in [1.165, 1.54) is 10.6 Å². The number of hydrogen-bond donors (Lipinski definition) is 1. The minimum absolute atomic E-state index is 0.609. The van der Waals surface area contributed by atoms with Gasteiger partial charge >= 0.3 is 0 Å². The first-order valence-electron chi connectivity index (χ1n) is 6.92. The molecule has 1 heterocycles. The maximum atomic E-state index is 5.44. The van der Waals surface area contributed by atoms with Crippen molar-refractivity contribution in [2.24, 2.45) is 5.92 Å². The molecule has 2 rings (SSSR count). The largest absolute Gasteiger partial charge is 0.496 e. The van der Waals surface area contributed by atoms with Crippen molar-refractivity contribution in [2.45, 2.75) is 26.8 Å². The number of rotatable bonds is 6. The minimum Gasteiger partial charge on any atom is -0.496 e. The molecule has 108 valence electrons. The highest BCUT2D eigenvalue weighted by Crippen LogP contribution is 2.34. The highest BCUT2D eigenvalue weighted by molar-refractivity contribution is 7.15. The molecule has 1 aromatic carbocycles. The van der Waals surface area contributed by atoms with Crippen molar-refractivity contribution in [3.63, 3.8) is 0 Å². The summed E-state index contributed by atoms with van der Waals surface area (Å²) in [7, 11) is 3.68. The van der Waals surface area contributed by atoms with E-state index in [1.807, 2.05) is 25.2 Å². The molecule has 0 amide bonds. The molecule has 20 heavy (non-hydrogen) atoms. The molecule has 0 saturated carbocycles. The van der Waals surface area contributed by atoms with Crippen LogP contribution in [-0.4, -0.2) is 19.1 Å². The number of hydrogen-bond acceptors (Lipinski definition) is 4. The molecular weight excluding hydrogens is 268 g/mol. The van der Waals surface area contributed by atoms with Gasteiger partial charge in [-0.25, -0.2) is 4.98 Å². The van der Waals surface area contributed by atoms with Crippen LogP contribution in [0.3, 0.4) is 0 Å². The SMILES string of the molecule is CNCc1sc(-c2ccccc2OC)nc1CC(C)C. The van der Waals surface area contributed by atoms with Gasteiger partial charge < -0.3 is 10.1 Å². The fourth-order valence-electron chi connectivity index (χ4n) is 2.16. The van der Waals surface area contributed by atoms with Crippen molar-refractivity contribution in [3.8, 4) is 16.3 Å². The maximum Gasteiger partial charge on any atom is 0.129 e. The van der Waals surface area contributed by atoms with Crippen LogP contribution in [0.15, 0.2) is 24.3 Å². The Hall–Kier alpha value is -1.39. The third-order valence-corrected chi connectivity index (χ3v) is 4.19. The summed E-state index contributed by atoms with van der Waals surface area (Å²) in [5.74, 6) is 1.49. The zero-order valence-electron chi connectivity index (χ0n) is 12.6. The smallest absolute Gasteiger partial charge is 0.129 e. The number of nitrogens with one attached hydrogen (secondary N) is 1. The first-order valence-corrected chi connectivity index (χ1v) is 7.74. The summed E-state index contributed by atoms with van der Waals surface area (Å²) >= 11 is 1.76. The molecule has 0 fully saturated rings. The Morgan fingerprint density at radius 3 is 2.70 bits per heavy atom. The van der Waals surface area contributed by atoms with Gasteiger partial charge in [0.2, 0.25) is 0 Å². The first kappa shape index (κ1) is 15.0. The normalized spacial score (nSPS) is 11.1. The van der Waals surface area contributed by atoms with Gasteiger partial charge in [0.15, 0.2) is 0 Å². The van der Waals surface area contributed by atoms with Crippen molar-refractivity contribution in [1.29, 1.82) is 0 Å². The lowest BCUT2D eigenvalue weighted by Gasteiger charge is -2.05. The number of thiazole rings is 1. The van der Waals surface area contributed by atoms with Crippen molar-refractivity contribution in [3.05, 3.63) is 34.8 Å². The zero-order chi connectivity index (χ0) is 14.5. The fourth-order valence-corrected chi connectivity index (χ4v) is 3.30. The van der Waals surface area contributed by atoms with Crippen LogP contribution < -0.4 is 10.1 Å². The van der Waals surface area contributed by atoms with Gasteiger partial charge in [-0.3, -0.25) is 0 Å². The zero-order valence-corrected chi connectivity index (χ0v) is 13.4. The standard InChI is InChI=1S/C16H22N2OS/c1-11(2)9-13-15(10-17-3)20-16(18-13)12-7-5-6-8-14(12)19-4/h5-8,11,17H,9-10H2,1-4H3. The van der Waals surface area contributed by atoms with Crippen LogP contribution in [0.4, 0.5) is 0 Å². The third kappa shape index (κ3) is 3.38. The quantitative estimate of drug-likeness (QED) is 0.880. The van der Waals surface area contributed by atoms with Crippen molar-refractivity contribution in [1.82, 2.24) is 10.3 Å². The number of aromatic nitrogens is 1. The van der Waals surface area contributed by atoms with Gasteiger partial charge in [0.05, 0.1) is 18.4 Å². The van der Waals surface area contributed by atoms with E-state index in [0.717, 1.165) is 29.3 Å². The Morgan fingerprint density at radius 1 is 1.30 bits per heavy atom. The second-order valence-corrected chi connectivity index (χ2v) is 6.30. The Balaban J connectivity index is 2.41. The third-order valence-electron chi connectivity index (χ3n) is 3.05. The monoisotopic (exact) mass is 290 g/mol. The number of ether oxygens (including phenoxy) is 1. The summed E-state index contributed by atoms with van der Waals surface area (Å²) in [6.45, 7) is 5.32. The molecule has 0 spiro atoms. The van der Waals surface area contributed by atoms with Gasteiger partial charge in [-0.15, -0.1) is 11.3 Å². The summed E-state index contributed by atoms with van der Waals surface area (Å²) < 4.78 is 5.44. The van der Waals surface area contributed by atoms with E-state index in [1.54, 1.807) is 18.4 Å². The number of para-hydroxylation sites is 1. The van der Waals surface area contributed by atoms with E-state index in [9.17, 15) is 0 Å². The minimum atomic E-state index is 0.609. The second kappa shape index (κ2) is 6.86. The lowest BCUT2D eigenvalue weighted by atomic mass is 10.1. The summed E-state index contributed by atoms with van der Waals surface area (Å²) in [5.41, 5.74) is 2.28. The molecule has 0 radical (unpaired) electrons. The van der Waals surface area contributed by atoms with Gasteiger partial charge in [-0.1, -0.05) is 26.0 Å². The van der Waals surface area contributed by atoms with Gasteiger partial charge in [-0.05, 0) is 31.5 Å². The summed E-state index contributed by atoms with van der Waals surface area (Å²) in [5, 5.41) is 4.27. The number of methoxy groups -OCH3 is 1. The van der Waals surface area contributed by atoms with Gasteiger partial charge in [0.25, 0.3) is 0 Å². The second-order valence-electron chi connectivity index (χ2n) is 5.22. The van der Waals surface area contributed by atoms with E-state index in [2.05, 4.69) is 25.2 Å². The van der Waals surface area contributed by atoms with Gasteiger partial charge in [0, 0.05) is 11.4 Å². The van der Waals surface area contributed by atoms with Gasteiger partial charge in [0.1, 0.15) is 10.8 Å². The van der Waals surface area contributed by atoms with E-state index in [4.69, 9.17) is 9.72 Å². The lowest BCUT2D eigenvalue weighted by Crippen LogP contribution is -2.07. The molecule has 3 nitrogen and oxygen atoms in total. The number of nitrogens with zero attached hydrogens (tertiary/aromatic N) is 1.